The lowest BCUT2D eigenvalue weighted by Crippen LogP contribution is -2.41. The summed E-state index contributed by atoms with van der Waals surface area (Å²) in [6, 6.07) is 7.69. The van der Waals surface area contributed by atoms with E-state index in [0.29, 0.717) is 24.6 Å². The molecule has 5 rings (SSSR count). The van der Waals surface area contributed by atoms with Gasteiger partial charge in [0.15, 0.2) is 0 Å². The number of benzene rings is 1. The average Bonchev–Trinajstić information content (AvgIpc) is 3.30. The lowest BCUT2D eigenvalue weighted by atomic mass is 10.1. The summed E-state index contributed by atoms with van der Waals surface area (Å²) in [6.45, 7) is 4.08. The first kappa shape index (κ1) is 18.0. The molecule has 1 aliphatic heterocycles. The van der Waals surface area contributed by atoms with E-state index in [1.807, 2.05) is 42.3 Å². The Morgan fingerprint density at radius 3 is 2.90 bits per heavy atom. The second-order valence-corrected chi connectivity index (χ2v) is 8.13. The fraction of sp³-hybridized carbons (Fsp3) is 0.409. The fourth-order valence-electron chi connectivity index (χ4n) is 4.12. The number of carbonyl (C=O) groups is 2. The van der Waals surface area contributed by atoms with Gasteiger partial charge in [-0.1, -0.05) is 18.2 Å². The molecule has 0 bridgehead atoms. The number of aromatic nitrogens is 3. The largest absolute Gasteiger partial charge is 0.360 e. The molecular weight excluding hydrogens is 366 g/mol. The van der Waals surface area contributed by atoms with Gasteiger partial charge in [0.2, 0.25) is 5.91 Å². The highest BCUT2D eigenvalue weighted by Gasteiger charge is 2.31. The standard InChI is InChI=1S/C22H25N5O2/c1-14-21-25-16(10-20(28)24-11-15-6-7-15)13-26(21)8-9-27(14)22(29)18-12-23-19-5-3-2-4-17(18)19/h2-5,12-15,23H,6-11H2,1H3,(H,24,28)/t14-/m1/s1. The van der Waals surface area contributed by atoms with Crippen LogP contribution in [-0.2, 0) is 17.8 Å². The van der Waals surface area contributed by atoms with Gasteiger partial charge in [-0.2, -0.15) is 0 Å². The van der Waals surface area contributed by atoms with Crippen LogP contribution in [-0.4, -0.2) is 44.3 Å². The maximum atomic E-state index is 13.2. The van der Waals surface area contributed by atoms with E-state index in [9.17, 15) is 9.59 Å². The Morgan fingerprint density at radius 2 is 2.07 bits per heavy atom. The van der Waals surface area contributed by atoms with Crippen molar-refractivity contribution in [3.05, 3.63) is 53.7 Å². The van der Waals surface area contributed by atoms with E-state index in [1.165, 1.54) is 12.8 Å². The van der Waals surface area contributed by atoms with Gasteiger partial charge in [0.25, 0.3) is 5.91 Å². The van der Waals surface area contributed by atoms with E-state index in [2.05, 4.69) is 14.9 Å². The topological polar surface area (TPSA) is 83.0 Å². The molecule has 150 valence electrons. The quantitative estimate of drug-likeness (QED) is 0.701. The minimum Gasteiger partial charge on any atom is -0.360 e. The van der Waals surface area contributed by atoms with E-state index in [1.54, 1.807) is 6.20 Å². The fourth-order valence-corrected chi connectivity index (χ4v) is 4.12. The van der Waals surface area contributed by atoms with Gasteiger partial charge in [-0.25, -0.2) is 4.98 Å². The van der Waals surface area contributed by atoms with Crippen LogP contribution >= 0.6 is 0 Å². The molecule has 1 aliphatic carbocycles. The Bertz CT molecular complexity index is 1080. The van der Waals surface area contributed by atoms with E-state index in [0.717, 1.165) is 29.0 Å². The number of hydrogen-bond acceptors (Lipinski definition) is 3. The first-order chi connectivity index (χ1) is 14.1. The second-order valence-electron chi connectivity index (χ2n) is 8.13. The molecule has 3 heterocycles. The number of hydrogen-bond donors (Lipinski definition) is 2. The number of nitrogens with zero attached hydrogens (tertiary/aromatic N) is 3. The van der Waals surface area contributed by atoms with E-state index < -0.39 is 0 Å². The molecule has 0 spiro atoms. The van der Waals surface area contributed by atoms with Crippen LogP contribution in [0.5, 0.6) is 0 Å². The van der Waals surface area contributed by atoms with Crippen molar-refractivity contribution in [3.63, 3.8) is 0 Å². The van der Waals surface area contributed by atoms with Gasteiger partial charge in [-0.3, -0.25) is 9.59 Å². The van der Waals surface area contributed by atoms with Crippen LogP contribution < -0.4 is 5.32 Å². The molecule has 2 aliphatic rings. The number of imidazole rings is 1. The normalized spacial score (nSPS) is 18.7. The van der Waals surface area contributed by atoms with Crippen LogP contribution in [0.25, 0.3) is 10.9 Å². The molecule has 29 heavy (non-hydrogen) atoms. The second kappa shape index (κ2) is 7.06. The Labute approximate surface area is 169 Å². The predicted octanol–water partition coefficient (Wildman–Crippen LogP) is 2.65. The van der Waals surface area contributed by atoms with Crippen molar-refractivity contribution < 1.29 is 9.59 Å². The summed E-state index contributed by atoms with van der Waals surface area (Å²) in [5.41, 5.74) is 2.41. The number of rotatable bonds is 5. The molecule has 0 saturated heterocycles. The molecule has 7 heteroatoms. The third-order valence-electron chi connectivity index (χ3n) is 5.99. The van der Waals surface area contributed by atoms with Gasteiger partial charge in [-0.05, 0) is 31.7 Å². The molecule has 1 aromatic carbocycles. The molecule has 2 aromatic heterocycles. The lowest BCUT2D eigenvalue weighted by Gasteiger charge is -2.33. The van der Waals surface area contributed by atoms with Crippen molar-refractivity contribution in [1.29, 1.82) is 0 Å². The van der Waals surface area contributed by atoms with Crippen molar-refractivity contribution in [3.8, 4) is 0 Å². The molecule has 1 fully saturated rings. The van der Waals surface area contributed by atoms with Crippen LogP contribution in [0.4, 0.5) is 0 Å². The molecule has 0 unspecified atom stereocenters. The summed E-state index contributed by atoms with van der Waals surface area (Å²) in [6.07, 6.45) is 6.47. The minimum absolute atomic E-state index is 0.00734. The summed E-state index contributed by atoms with van der Waals surface area (Å²) in [4.78, 5) is 35.1. The van der Waals surface area contributed by atoms with Crippen LogP contribution in [0.1, 0.15) is 47.7 Å². The Hall–Kier alpha value is -3.09. The maximum absolute atomic E-state index is 13.2. The van der Waals surface area contributed by atoms with Gasteiger partial charge in [0.05, 0.1) is 23.7 Å². The highest BCUT2D eigenvalue weighted by molar-refractivity contribution is 6.06. The number of H-pyrrole nitrogens is 1. The minimum atomic E-state index is -0.145. The number of nitrogens with one attached hydrogen (secondary N) is 2. The zero-order valence-electron chi connectivity index (χ0n) is 16.5. The highest BCUT2D eigenvalue weighted by Crippen LogP contribution is 2.29. The van der Waals surface area contributed by atoms with Gasteiger partial charge in [0, 0.05) is 42.9 Å². The molecule has 0 radical (unpaired) electrons. The molecule has 2 amide bonds. The van der Waals surface area contributed by atoms with E-state index in [4.69, 9.17) is 4.98 Å². The van der Waals surface area contributed by atoms with Gasteiger partial charge < -0.3 is 19.8 Å². The van der Waals surface area contributed by atoms with Crippen LogP contribution in [0, 0.1) is 5.92 Å². The van der Waals surface area contributed by atoms with Gasteiger partial charge >= 0.3 is 0 Å². The highest BCUT2D eigenvalue weighted by atomic mass is 16.2. The number of fused-ring (bicyclic) bond motifs is 2. The van der Waals surface area contributed by atoms with Crippen molar-refractivity contribution in [2.75, 3.05) is 13.1 Å². The SMILES string of the molecule is C[C@@H]1c2nc(CC(=O)NCC3CC3)cn2CCN1C(=O)c1c[nH]c2ccccc12. The summed E-state index contributed by atoms with van der Waals surface area (Å²) in [5.74, 6) is 1.53. The zero-order valence-corrected chi connectivity index (χ0v) is 16.5. The monoisotopic (exact) mass is 391 g/mol. The molecule has 2 N–H and O–H groups in total. The van der Waals surface area contributed by atoms with Crippen molar-refractivity contribution in [2.45, 2.75) is 38.8 Å². The maximum Gasteiger partial charge on any atom is 0.256 e. The Morgan fingerprint density at radius 1 is 1.24 bits per heavy atom. The zero-order chi connectivity index (χ0) is 20.0. The van der Waals surface area contributed by atoms with E-state index >= 15 is 0 Å². The van der Waals surface area contributed by atoms with Crippen LogP contribution in [0.3, 0.4) is 0 Å². The van der Waals surface area contributed by atoms with Gasteiger partial charge in [-0.15, -0.1) is 0 Å². The molecular formula is C22H25N5O2. The Kier molecular flexibility index (Phi) is 4.38. The summed E-state index contributed by atoms with van der Waals surface area (Å²) >= 11 is 0. The first-order valence-corrected chi connectivity index (χ1v) is 10.3. The Balaban J connectivity index is 1.32. The first-order valence-electron chi connectivity index (χ1n) is 10.3. The number of aromatic amines is 1. The predicted molar refractivity (Wildman–Crippen MR) is 109 cm³/mol. The molecule has 1 atom stereocenters. The summed E-state index contributed by atoms with van der Waals surface area (Å²) < 4.78 is 2.08. The van der Waals surface area contributed by atoms with Gasteiger partial charge in [0.1, 0.15) is 5.82 Å². The number of carbonyl (C=O) groups excluding carboxylic acids is 2. The van der Waals surface area contributed by atoms with Crippen molar-refractivity contribution in [2.24, 2.45) is 5.92 Å². The smallest absolute Gasteiger partial charge is 0.256 e. The van der Waals surface area contributed by atoms with Crippen molar-refractivity contribution in [1.82, 2.24) is 24.8 Å². The third kappa shape index (κ3) is 3.41. The van der Waals surface area contributed by atoms with Crippen LogP contribution in [0.2, 0.25) is 0 Å². The number of amides is 2. The lowest BCUT2D eigenvalue weighted by molar-refractivity contribution is -0.120. The molecule has 1 saturated carbocycles. The van der Waals surface area contributed by atoms with Crippen molar-refractivity contribution >= 4 is 22.7 Å². The average molecular weight is 391 g/mol. The number of para-hydroxylation sites is 1. The molecule has 3 aromatic rings. The summed E-state index contributed by atoms with van der Waals surface area (Å²) in [7, 11) is 0. The molecule has 7 nitrogen and oxygen atoms in total. The van der Waals surface area contributed by atoms with E-state index in [-0.39, 0.29) is 24.3 Å². The third-order valence-corrected chi connectivity index (χ3v) is 5.99. The van der Waals surface area contributed by atoms with Crippen LogP contribution in [0.15, 0.2) is 36.7 Å². The summed E-state index contributed by atoms with van der Waals surface area (Å²) in [5, 5.41) is 3.93.